The number of aryl methyl sites for hydroxylation is 1. The number of sulfonamides is 1. The van der Waals surface area contributed by atoms with Gasteiger partial charge in [-0.2, -0.15) is 5.21 Å². The second-order valence-corrected chi connectivity index (χ2v) is 10.1. The fraction of sp³-hybridized carbons (Fsp3) is 0.174. The van der Waals surface area contributed by atoms with Gasteiger partial charge in [0.2, 0.25) is 21.8 Å². The standard InChI is InChI=1S/C23H22ClN7O4S/c1-15-7-10-20(28-36(34,35)14-16-5-3-2-4-6-16)23(33)31(15)13-21(32)25-12-17-11-18(24)8-9-19(17)22-26-29-30-27-22/h2-11,28H,12-14H2,1H3,(H,25,32)(H,26,27,29,30). The van der Waals surface area contributed by atoms with Gasteiger partial charge in [-0.05, 0) is 53.6 Å². The van der Waals surface area contributed by atoms with Gasteiger partial charge < -0.3 is 9.88 Å². The summed E-state index contributed by atoms with van der Waals surface area (Å²) in [7, 11) is -3.84. The molecular formula is C23H22ClN7O4S. The molecule has 0 fully saturated rings. The van der Waals surface area contributed by atoms with Crippen LogP contribution in [0.4, 0.5) is 5.69 Å². The molecule has 36 heavy (non-hydrogen) atoms. The lowest BCUT2D eigenvalue weighted by atomic mass is 10.1. The second kappa shape index (κ2) is 10.7. The first-order valence-electron chi connectivity index (χ1n) is 10.8. The van der Waals surface area contributed by atoms with Crippen LogP contribution < -0.4 is 15.6 Å². The Morgan fingerprint density at radius 2 is 1.89 bits per heavy atom. The zero-order chi connectivity index (χ0) is 25.7. The minimum absolute atomic E-state index is 0.0977. The number of nitrogens with zero attached hydrogens (tertiary/aromatic N) is 4. The van der Waals surface area contributed by atoms with E-state index in [1.165, 1.54) is 10.6 Å². The highest BCUT2D eigenvalue weighted by atomic mass is 35.5. The predicted molar refractivity (Wildman–Crippen MR) is 135 cm³/mol. The zero-order valence-electron chi connectivity index (χ0n) is 19.1. The highest BCUT2D eigenvalue weighted by Gasteiger charge is 2.17. The Bertz CT molecular complexity index is 1540. The monoisotopic (exact) mass is 527 g/mol. The molecule has 4 aromatic rings. The third-order valence-corrected chi connectivity index (χ3v) is 6.77. The molecule has 0 aliphatic rings. The van der Waals surface area contributed by atoms with Crippen LogP contribution in [0.2, 0.25) is 5.02 Å². The number of H-pyrrole nitrogens is 1. The molecule has 2 aromatic carbocycles. The topological polar surface area (TPSA) is 152 Å². The molecule has 0 bridgehead atoms. The number of tetrazole rings is 1. The quantitative estimate of drug-likeness (QED) is 0.302. The van der Waals surface area contributed by atoms with Gasteiger partial charge in [0.25, 0.3) is 5.56 Å². The van der Waals surface area contributed by atoms with Crippen LogP contribution in [0.15, 0.2) is 65.5 Å². The number of benzene rings is 2. The first kappa shape index (κ1) is 25.1. The average molecular weight is 528 g/mol. The number of anilines is 1. The fourth-order valence-electron chi connectivity index (χ4n) is 3.54. The van der Waals surface area contributed by atoms with Crippen molar-refractivity contribution < 1.29 is 13.2 Å². The molecule has 0 spiro atoms. The van der Waals surface area contributed by atoms with Crippen molar-refractivity contribution in [1.82, 2.24) is 30.5 Å². The summed E-state index contributed by atoms with van der Waals surface area (Å²) in [6.07, 6.45) is 0. The van der Waals surface area contributed by atoms with E-state index in [4.69, 9.17) is 11.6 Å². The molecule has 4 rings (SSSR count). The van der Waals surface area contributed by atoms with Crippen LogP contribution >= 0.6 is 11.6 Å². The molecule has 0 unspecified atom stereocenters. The fourth-order valence-corrected chi connectivity index (χ4v) is 4.93. The first-order chi connectivity index (χ1) is 17.2. The SMILES string of the molecule is Cc1ccc(NS(=O)(=O)Cc2ccccc2)c(=O)n1CC(=O)NCc1cc(Cl)ccc1-c1nn[nH]n1. The van der Waals surface area contributed by atoms with E-state index in [2.05, 4.69) is 30.7 Å². The lowest BCUT2D eigenvalue weighted by molar-refractivity contribution is -0.121. The number of carbonyl (C=O) groups is 1. The van der Waals surface area contributed by atoms with Crippen molar-refractivity contribution in [2.45, 2.75) is 25.8 Å². The molecule has 3 N–H and O–H groups in total. The number of hydrogen-bond donors (Lipinski definition) is 3. The van der Waals surface area contributed by atoms with Crippen molar-refractivity contribution in [3.63, 3.8) is 0 Å². The van der Waals surface area contributed by atoms with Crippen LogP contribution in [0.3, 0.4) is 0 Å². The number of aromatic nitrogens is 5. The average Bonchev–Trinajstić information content (AvgIpc) is 3.37. The lowest BCUT2D eigenvalue weighted by Crippen LogP contribution is -2.34. The van der Waals surface area contributed by atoms with Crippen molar-refractivity contribution in [2.24, 2.45) is 0 Å². The Balaban J connectivity index is 1.47. The first-order valence-corrected chi connectivity index (χ1v) is 12.8. The summed E-state index contributed by atoms with van der Waals surface area (Å²) in [5.41, 5.74) is 1.60. The Hall–Kier alpha value is -4.03. The minimum Gasteiger partial charge on any atom is -0.350 e. The highest BCUT2D eigenvalue weighted by molar-refractivity contribution is 7.91. The van der Waals surface area contributed by atoms with Crippen LogP contribution in [-0.4, -0.2) is 39.5 Å². The molecular weight excluding hydrogens is 506 g/mol. The number of pyridine rings is 1. The molecule has 0 aliphatic heterocycles. The van der Waals surface area contributed by atoms with Gasteiger partial charge in [-0.25, -0.2) is 8.42 Å². The number of amides is 1. The van der Waals surface area contributed by atoms with E-state index in [0.29, 0.717) is 33.2 Å². The van der Waals surface area contributed by atoms with Gasteiger partial charge in [-0.1, -0.05) is 41.9 Å². The van der Waals surface area contributed by atoms with Crippen LogP contribution in [0.25, 0.3) is 11.4 Å². The summed E-state index contributed by atoms with van der Waals surface area (Å²) in [6, 6.07) is 16.6. The zero-order valence-corrected chi connectivity index (χ0v) is 20.7. The second-order valence-electron chi connectivity index (χ2n) is 7.94. The normalized spacial score (nSPS) is 11.3. The summed E-state index contributed by atoms with van der Waals surface area (Å²) in [5, 5.41) is 17.1. The summed E-state index contributed by atoms with van der Waals surface area (Å²) < 4.78 is 28.7. The smallest absolute Gasteiger partial charge is 0.275 e. The van der Waals surface area contributed by atoms with Gasteiger partial charge in [0.1, 0.15) is 12.2 Å². The molecule has 0 radical (unpaired) electrons. The van der Waals surface area contributed by atoms with Crippen molar-refractivity contribution >= 4 is 33.2 Å². The number of hydrogen-bond acceptors (Lipinski definition) is 7. The Labute approximate surface area is 211 Å². The summed E-state index contributed by atoms with van der Waals surface area (Å²) in [4.78, 5) is 25.7. The number of nitrogens with one attached hydrogen (secondary N) is 3. The maximum absolute atomic E-state index is 13.0. The maximum atomic E-state index is 13.0. The van der Waals surface area contributed by atoms with Crippen molar-refractivity contribution in [3.05, 3.63) is 92.9 Å². The van der Waals surface area contributed by atoms with Gasteiger partial charge in [-0.3, -0.25) is 14.3 Å². The molecule has 0 saturated carbocycles. The minimum atomic E-state index is -3.84. The summed E-state index contributed by atoms with van der Waals surface area (Å²) in [6.45, 7) is 1.44. The molecule has 0 saturated heterocycles. The van der Waals surface area contributed by atoms with Crippen molar-refractivity contribution in [1.29, 1.82) is 0 Å². The van der Waals surface area contributed by atoms with E-state index in [1.807, 2.05) is 0 Å². The third-order valence-electron chi connectivity index (χ3n) is 5.29. The van der Waals surface area contributed by atoms with Gasteiger partial charge in [0.15, 0.2) is 0 Å². The molecule has 0 aliphatic carbocycles. The molecule has 11 nitrogen and oxygen atoms in total. The maximum Gasteiger partial charge on any atom is 0.275 e. The number of carbonyl (C=O) groups excluding carboxylic acids is 1. The van der Waals surface area contributed by atoms with Crippen molar-refractivity contribution in [2.75, 3.05) is 4.72 Å². The van der Waals surface area contributed by atoms with E-state index in [1.54, 1.807) is 61.5 Å². The molecule has 2 aromatic heterocycles. The predicted octanol–water partition coefficient (Wildman–Crippen LogP) is 2.25. The highest BCUT2D eigenvalue weighted by Crippen LogP contribution is 2.23. The van der Waals surface area contributed by atoms with E-state index >= 15 is 0 Å². The van der Waals surface area contributed by atoms with Gasteiger partial charge >= 0.3 is 0 Å². The number of rotatable bonds is 9. The summed E-state index contributed by atoms with van der Waals surface area (Å²) >= 11 is 6.11. The molecule has 13 heteroatoms. The largest absolute Gasteiger partial charge is 0.350 e. The van der Waals surface area contributed by atoms with E-state index in [-0.39, 0.29) is 24.5 Å². The van der Waals surface area contributed by atoms with Crippen LogP contribution in [-0.2, 0) is 33.7 Å². The van der Waals surface area contributed by atoms with Gasteiger partial charge in [0, 0.05) is 22.8 Å². The Kier molecular flexibility index (Phi) is 7.46. The van der Waals surface area contributed by atoms with Gasteiger partial charge in [0.05, 0.1) is 5.75 Å². The summed E-state index contributed by atoms with van der Waals surface area (Å²) in [5.74, 6) is -0.397. The van der Waals surface area contributed by atoms with E-state index < -0.39 is 21.5 Å². The van der Waals surface area contributed by atoms with Crippen molar-refractivity contribution in [3.8, 4) is 11.4 Å². The van der Waals surface area contributed by atoms with E-state index in [0.717, 1.165) is 0 Å². The molecule has 186 valence electrons. The number of aromatic amines is 1. The molecule has 1 amide bonds. The Morgan fingerprint density at radius 3 is 2.61 bits per heavy atom. The molecule has 0 atom stereocenters. The molecule has 2 heterocycles. The third kappa shape index (κ3) is 6.15. The van der Waals surface area contributed by atoms with E-state index in [9.17, 15) is 18.0 Å². The van der Waals surface area contributed by atoms with Gasteiger partial charge in [-0.15, -0.1) is 10.2 Å². The lowest BCUT2D eigenvalue weighted by Gasteiger charge is -2.14. The van der Waals surface area contributed by atoms with Crippen LogP contribution in [0.1, 0.15) is 16.8 Å². The van der Waals surface area contributed by atoms with Crippen LogP contribution in [0, 0.1) is 6.92 Å². The van der Waals surface area contributed by atoms with Crippen LogP contribution in [0.5, 0.6) is 0 Å². The Morgan fingerprint density at radius 1 is 1.11 bits per heavy atom. The number of halogens is 1.